The van der Waals surface area contributed by atoms with Gasteiger partial charge in [0.2, 0.25) is 21.8 Å². The van der Waals surface area contributed by atoms with E-state index < -0.39 is 28.5 Å². The van der Waals surface area contributed by atoms with Gasteiger partial charge in [0.05, 0.1) is 28.6 Å². The summed E-state index contributed by atoms with van der Waals surface area (Å²) in [5, 5.41) is 3.60. The first-order valence-electron chi connectivity index (χ1n) is 13.6. The van der Waals surface area contributed by atoms with Gasteiger partial charge in [-0.3, -0.25) is 13.9 Å². The van der Waals surface area contributed by atoms with Crippen molar-refractivity contribution in [1.82, 2.24) is 10.2 Å². The molecule has 3 aromatic rings. The van der Waals surface area contributed by atoms with Crippen molar-refractivity contribution in [2.75, 3.05) is 30.3 Å². The number of carbonyl (C=O) groups excluding carboxylic acids is 2. The van der Waals surface area contributed by atoms with Gasteiger partial charge in [-0.2, -0.15) is 0 Å². The summed E-state index contributed by atoms with van der Waals surface area (Å²) in [4.78, 5) is 29.3. The Morgan fingerprint density at radius 3 is 2.21 bits per heavy atom. The molecule has 0 aliphatic rings. The second-order valence-electron chi connectivity index (χ2n) is 10.3. The number of para-hydroxylation sites is 2. The van der Waals surface area contributed by atoms with Gasteiger partial charge in [-0.25, -0.2) is 8.42 Å². The van der Waals surface area contributed by atoms with Crippen molar-refractivity contribution < 1.29 is 22.7 Å². The van der Waals surface area contributed by atoms with E-state index in [2.05, 4.69) is 5.32 Å². The Morgan fingerprint density at radius 1 is 0.929 bits per heavy atom. The van der Waals surface area contributed by atoms with Gasteiger partial charge in [0.1, 0.15) is 18.3 Å². The number of halogens is 2. The molecular weight excluding hydrogens is 597 g/mol. The van der Waals surface area contributed by atoms with Gasteiger partial charge in [0, 0.05) is 19.5 Å². The van der Waals surface area contributed by atoms with E-state index >= 15 is 0 Å². The average molecular weight is 635 g/mol. The van der Waals surface area contributed by atoms with E-state index in [1.54, 1.807) is 49.4 Å². The molecule has 0 spiro atoms. The molecule has 3 aromatic carbocycles. The summed E-state index contributed by atoms with van der Waals surface area (Å²) >= 11 is 12.4. The number of ether oxygens (including phenoxy) is 1. The van der Waals surface area contributed by atoms with E-state index in [4.69, 9.17) is 27.9 Å². The molecule has 0 saturated heterocycles. The zero-order valence-electron chi connectivity index (χ0n) is 24.2. The fourth-order valence-electron chi connectivity index (χ4n) is 4.35. The van der Waals surface area contributed by atoms with E-state index in [1.165, 1.54) is 4.90 Å². The Kier molecular flexibility index (Phi) is 12.1. The monoisotopic (exact) mass is 633 g/mol. The summed E-state index contributed by atoms with van der Waals surface area (Å²) in [6, 6.07) is 20.0. The predicted molar refractivity (Wildman–Crippen MR) is 169 cm³/mol. The standard InChI is InChI=1S/C31H37Cl2N3O5S/c1-5-41-29-14-10-9-13-27(29)36(42(4,39)40)21-30(37)35(20-24-15-16-25(32)26(33)17-24)28(31(38)34-19-22(2)3)18-23-11-7-6-8-12-23/h6-17,22,28H,5,18-21H2,1-4H3,(H,34,38)/t28-/m0/s1. The van der Waals surface area contributed by atoms with Crippen LogP contribution >= 0.6 is 23.2 Å². The topological polar surface area (TPSA) is 96.0 Å². The van der Waals surface area contributed by atoms with Crippen molar-refractivity contribution in [2.24, 2.45) is 5.92 Å². The van der Waals surface area contributed by atoms with Crippen molar-refractivity contribution in [1.29, 1.82) is 0 Å². The third-order valence-electron chi connectivity index (χ3n) is 6.41. The Bertz CT molecular complexity index is 1470. The van der Waals surface area contributed by atoms with Crippen LogP contribution in [0.15, 0.2) is 72.8 Å². The highest BCUT2D eigenvalue weighted by Crippen LogP contribution is 2.30. The van der Waals surface area contributed by atoms with Gasteiger partial charge in [0.25, 0.3) is 0 Å². The van der Waals surface area contributed by atoms with Crippen LogP contribution in [0, 0.1) is 5.92 Å². The zero-order chi connectivity index (χ0) is 30.9. The molecule has 226 valence electrons. The van der Waals surface area contributed by atoms with Crippen molar-refractivity contribution in [2.45, 2.75) is 39.8 Å². The first-order valence-corrected chi connectivity index (χ1v) is 16.3. The maximum atomic E-state index is 14.2. The molecule has 0 aromatic heterocycles. The van der Waals surface area contributed by atoms with E-state index in [9.17, 15) is 18.0 Å². The number of hydrogen-bond donors (Lipinski definition) is 1. The molecule has 1 atom stereocenters. The van der Waals surface area contributed by atoms with Crippen LogP contribution in [0.5, 0.6) is 5.75 Å². The van der Waals surface area contributed by atoms with Crippen molar-refractivity contribution >= 4 is 50.7 Å². The van der Waals surface area contributed by atoms with Crippen LogP contribution in [0.3, 0.4) is 0 Å². The highest BCUT2D eigenvalue weighted by Gasteiger charge is 2.33. The second kappa shape index (κ2) is 15.3. The minimum absolute atomic E-state index is 0.00691. The predicted octanol–water partition coefficient (Wildman–Crippen LogP) is 5.57. The van der Waals surface area contributed by atoms with Gasteiger partial charge < -0.3 is 15.0 Å². The number of rotatable bonds is 14. The SMILES string of the molecule is CCOc1ccccc1N(CC(=O)N(Cc1ccc(Cl)c(Cl)c1)[C@@H](Cc1ccccc1)C(=O)NCC(C)C)S(C)(=O)=O. The number of carbonyl (C=O) groups is 2. The quantitative estimate of drug-likeness (QED) is 0.250. The van der Waals surface area contributed by atoms with Crippen LogP contribution in [-0.2, 0) is 32.6 Å². The van der Waals surface area contributed by atoms with Crippen molar-refractivity contribution in [3.8, 4) is 5.75 Å². The molecule has 0 bridgehead atoms. The van der Waals surface area contributed by atoms with Crippen LogP contribution < -0.4 is 14.4 Å². The maximum absolute atomic E-state index is 14.2. The lowest BCUT2D eigenvalue weighted by Gasteiger charge is -2.34. The minimum atomic E-state index is -3.93. The molecule has 0 radical (unpaired) electrons. The van der Waals surface area contributed by atoms with Crippen LogP contribution in [0.25, 0.3) is 0 Å². The summed E-state index contributed by atoms with van der Waals surface area (Å²) in [6.07, 6.45) is 1.25. The summed E-state index contributed by atoms with van der Waals surface area (Å²) in [7, 11) is -3.93. The number of amides is 2. The molecule has 0 unspecified atom stereocenters. The molecule has 0 aliphatic heterocycles. The number of hydrogen-bond acceptors (Lipinski definition) is 5. The molecule has 1 N–H and O–H groups in total. The van der Waals surface area contributed by atoms with Crippen LogP contribution in [0.2, 0.25) is 10.0 Å². The lowest BCUT2D eigenvalue weighted by atomic mass is 10.0. The number of nitrogens with one attached hydrogen (secondary N) is 1. The lowest BCUT2D eigenvalue weighted by molar-refractivity contribution is -0.140. The summed E-state index contributed by atoms with van der Waals surface area (Å²) in [6.45, 7) is 5.91. The zero-order valence-corrected chi connectivity index (χ0v) is 26.5. The summed E-state index contributed by atoms with van der Waals surface area (Å²) in [5.41, 5.74) is 1.71. The first kappa shape index (κ1) is 33.2. The molecule has 11 heteroatoms. The Hall–Kier alpha value is -3.27. The molecule has 0 saturated carbocycles. The highest BCUT2D eigenvalue weighted by molar-refractivity contribution is 7.92. The minimum Gasteiger partial charge on any atom is -0.492 e. The molecule has 42 heavy (non-hydrogen) atoms. The van der Waals surface area contributed by atoms with Crippen molar-refractivity contribution in [3.05, 3.63) is 94.0 Å². The fraction of sp³-hybridized carbons (Fsp3) is 0.355. The number of anilines is 1. The average Bonchev–Trinajstić information content (AvgIpc) is 2.94. The van der Waals surface area contributed by atoms with Crippen molar-refractivity contribution in [3.63, 3.8) is 0 Å². The summed E-state index contributed by atoms with van der Waals surface area (Å²) in [5.74, 6) is -0.411. The van der Waals surface area contributed by atoms with E-state index in [-0.39, 0.29) is 30.5 Å². The highest BCUT2D eigenvalue weighted by atomic mass is 35.5. The van der Waals surface area contributed by atoms with Crippen LogP contribution in [0.1, 0.15) is 31.9 Å². The van der Waals surface area contributed by atoms with E-state index in [1.807, 2.05) is 44.2 Å². The normalized spacial score (nSPS) is 12.1. The second-order valence-corrected chi connectivity index (χ2v) is 13.0. The third kappa shape index (κ3) is 9.37. The number of nitrogens with zero attached hydrogens (tertiary/aromatic N) is 2. The van der Waals surface area contributed by atoms with Gasteiger partial charge in [0.15, 0.2) is 0 Å². The fourth-order valence-corrected chi connectivity index (χ4v) is 5.52. The van der Waals surface area contributed by atoms with Gasteiger partial charge in [-0.05, 0) is 48.2 Å². The smallest absolute Gasteiger partial charge is 0.244 e. The largest absolute Gasteiger partial charge is 0.492 e. The maximum Gasteiger partial charge on any atom is 0.244 e. The van der Waals surface area contributed by atoms with E-state index in [0.717, 1.165) is 16.1 Å². The molecule has 8 nitrogen and oxygen atoms in total. The molecule has 3 rings (SSSR count). The number of sulfonamides is 1. The molecule has 0 fully saturated rings. The van der Waals surface area contributed by atoms with E-state index in [0.29, 0.717) is 34.5 Å². The molecular formula is C31H37Cl2N3O5S. The van der Waals surface area contributed by atoms with Gasteiger partial charge >= 0.3 is 0 Å². The van der Waals surface area contributed by atoms with Crippen LogP contribution in [0.4, 0.5) is 5.69 Å². The Balaban J connectivity index is 2.09. The molecule has 2 amide bonds. The van der Waals surface area contributed by atoms with Gasteiger partial charge in [-0.15, -0.1) is 0 Å². The van der Waals surface area contributed by atoms with Crippen LogP contribution in [-0.4, -0.2) is 57.1 Å². The summed E-state index contributed by atoms with van der Waals surface area (Å²) < 4.78 is 32.8. The molecule has 0 heterocycles. The third-order valence-corrected chi connectivity index (χ3v) is 8.27. The Labute approximate surface area is 258 Å². The van der Waals surface area contributed by atoms with Gasteiger partial charge in [-0.1, -0.05) is 85.6 Å². The lowest BCUT2D eigenvalue weighted by Crippen LogP contribution is -2.53. The Morgan fingerprint density at radius 2 is 1.60 bits per heavy atom. The first-order chi connectivity index (χ1) is 19.9. The molecule has 0 aliphatic carbocycles. The number of benzene rings is 3.